The monoisotopic (exact) mass is 323 g/mol. The maximum absolute atomic E-state index is 12.2. The molecule has 0 unspecified atom stereocenters. The highest BCUT2D eigenvalue weighted by atomic mass is 32.1. The van der Waals surface area contributed by atoms with Crippen molar-refractivity contribution in [2.24, 2.45) is 5.92 Å². The van der Waals surface area contributed by atoms with Gasteiger partial charge in [0.2, 0.25) is 5.91 Å². The zero-order valence-electron chi connectivity index (χ0n) is 13.5. The van der Waals surface area contributed by atoms with Crippen LogP contribution >= 0.6 is 11.3 Å². The summed E-state index contributed by atoms with van der Waals surface area (Å²) in [6.07, 6.45) is 1.70. The number of rotatable bonds is 4. The lowest BCUT2D eigenvalue weighted by atomic mass is 10.0. The molecule has 5 nitrogen and oxygen atoms in total. The molecule has 0 aromatic carbocycles. The number of carbonyl (C=O) groups is 1. The lowest BCUT2D eigenvalue weighted by molar-refractivity contribution is -0.121. The van der Waals surface area contributed by atoms with Crippen LogP contribution in [0.25, 0.3) is 0 Å². The predicted octanol–water partition coefficient (Wildman–Crippen LogP) is 1.61. The van der Waals surface area contributed by atoms with Gasteiger partial charge in [0.1, 0.15) is 0 Å². The van der Waals surface area contributed by atoms with Gasteiger partial charge >= 0.3 is 0 Å². The second-order valence-electron chi connectivity index (χ2n) is 6.76. The van der Waals surface area contributed by atoms with Gasteiger partial charge in [-0.1, -0.05) is 13.8 Å². The molecule has 0 aliphatic carbocycles. The first kappa shape index (κ1) is 15.9. The minimum atomic E-state index is 0.0801. The second-order valence-corrected chi connectivity index (χ2v) is 7.82. The largest absolute Gasteiger partial charge is 0.375 e. The second kappa shape index (κ2) is 6.64. The summed E-state index contributed by atoms with van der Waals surface area (Å²) in [5, 5.41) is 6.14. The van der Waals surface area contributed by atoms with E-state index in [0.717, 1.165) is 36.8 Å². The molecule has 2 fully saturated rings. The van der Waals surface area contributed by atoms with Gasteiger partial charge in [0.25, 0.3) is 0 Å². The van der Waals surface area contributed by atoms with E-state index < -0.39 is 0 Å². The molecule has 0 bridgehead atoms. The van der Waals surface area contributed by atoms with Crippen molar-refractivity contribution in [3.8, 4) is 0 Å². The van der Waals surface area contributed by atoms with Gasteiger partial charge in [-0.05, 0) is 19.3 Å². The Kier molecular flexibility index (Phi) is 4.80. The van der Waals surface area contributed by atoms with Crippen molar-refractivity contribution in [2.45, 2.75) is 51.8 Å². The zero-order valence-corrected chi connectivity index (χ0v) is 14.4. The van der Waals surface area contributed by atoms with Crippen molar-refractivity contribution in [2.75, 3.05) is 19.7 Å². The van der Waals surface area contributed by atoms with Crippen LogP contribution in [0.3, 0.4) is 0 Å². The fourth-order valence-electron chi connectivity index (χ4n) is 3.34. The molecule has 22 heavy (non-hydrogen) atoms. The van der Waals surface area contributed by atoms with Gasteiger partial charge in [-0.3, -0.25) is 9.69 Å². The summed E-state index contributed by atoms with van der Waals surface area (Å²) in [7, 11) is 0. The van der Waals surface area contributed by atoms with Gasteiger partial charge < -0.3 is 10.1 Å². The molecule has 6 heteroatoms. The molecule has 1 amide bonds. The highest BCUT2D eigenvalue weighted by Crippen LogP contribution is 2.25. The topological polar surface area (TPSA) is 54.5 Å². The number of aromatic nitrogens is 1. The van der Waals surface area contributed by atoms with Crippen LogP contribution in [0.4, 0.5) is 0 Å². The molecule has 3 atom stereocenters. The van der Waals surface area contributed by atoms with Crippen LogP contribution in [-0.4, -0.2) is 53.7 Å². The van der Waals surface area contributed by atoms with E-state index in [1.54, 1.807) is 11.3 Å². The number of fused-ring (bicyclic) bond motifs is 1. The summed E-state index contributed by atoms with van der Waals surface area (Å²) in [6, 6.07) is 0.702. The molecule has 2 aliphatic rings. The van der Waals surface area contributed by atoms with Crippen LogP contribution in [0.15, 0.2) is 5.38 Å². The van der Waals surface area contributed by atoms with Gasteiger partial charge in [-0.25, -0.2) is 4.98 Å². The summed E-state index contributed by atoms with van der Waals surface area (Å²) < 4.78 is 5.94. The van der Waals surface area contributed by atoms with E-state index in [1.807, 2.05) is 12.3 Å². The number of hydrogen-bond donors (Lipinski definition) is 1. The van der Waals surface area contributed by atoms with Crippen molar-refractivity contribution in [1.82, 2.24) is 15.2 Å². The average molecular weight is 323 g/mol. The summed E-state index contributed by atoms with van der Waals surface area (Å²) in [5.41, 5.74) is 0.874. The summed E-state index contributed by atoms with van der Waals surface area (Å²) in [4.78, 5) is 19.0. The van der Waals surface area contributed by atoms with Crippen LogP contribution in [-0.2, 0) is 16.0 Å². The number of aryl methyl sites for hydroxylation is 1. The van der Waals surface area contributed by atoms with Crippen molar-refractivity contribution >= 4 is 17.2 Å². The standard InChI is InChI=1S/C16H25N3O2S/c1-10(2)15-7-19-6-12(4-14(19)8-21-15)18-16(20)5-13-9-22-11(3)17-13/h9-10,12,14-15H,4-8H2,1-3H3,(H,18,20)/t12-,14-,15-/m0/s1. The van der Waals surface area contributed by atoms with E-state index in [1.165, 1.54) is 0 Å². The smallest absolute Gasteiger partial charge is 0.226 e. The lowest BCUT2D eigenvalue weighted by Gasteiger charge is -2.36. The molecular formula is C16H25N3O2S. The number of ether oxygens (including phenoxy) is 1. The first-order valence-electron chi connectivity index (χ1n) is 8.07. The third-order valence-corrected chi connectivity index (χ3v) is 5.38. The molecule has 122 valence electrons. The average Bonchev–Trinajstić information content (AvgIpc) is 3.03. The van der Waals surface area contributed by atoms with E-state index in [4.69, 9.17) is 4.74 Å². The third kappa shape index (κ3) is 3.67. The Labute approximate surface area is 136 Å². The summed E-state index contributed by atoms with van der Waals surface area (Å²) in [6.45, 7) is 9.10. The summed E-state index contributed by atoms with van der Waals surface area (Å²) >= 11 is 1.59. The van der Waals surface area contributed by atoms with Crippen LogP contribution in [0.1, 0.15) is 31.0 Å². The Hall–Kier alpha value is -0.980. The number of nitrogens with one attached hydrogen (secondary N) is 1. The van der Waals surface area contributed by atoms with E-state index in [0.29, 0.717) is 24.5 Å². The molecule has 0 saturated carbocycles. The fourth-order valence-corrected chi connectivity index (χ4v) is 3.95. The van der Waals surface area contributed by atoms with Gasteiger partial charge in [0, 0.05) is 30.6 Å². The minimum absolute atomic E-state index is 0.0801. The molecule has 2 saturated heterocycles. The molecule has 0 spiro atoms. The number of morpholine rings is 1. The number of nitrogens with zero attached hydrogens (tertiary/aromatic N) is 2. The van der Waals surface area contributed by atoms with Crippen LogP contribution in [0.2, 0.25) is 0 Å². The molecular weight excluding hydrogens is 298 g/mol. The lowest BCUT2D eigenvalue weighted by Crippen LogP contribution is -2.48. The predicted molar refractivity (Wildman–Crippen MR) is 87.0 cm³/mol. The van der Waals surface area contributed by atoms with E-state index in [9.17, 15) is 4.79 Å². The number of amides is 1. The first-order chi connectivity index (χ1) is 10.5. The van der Waals surface area contributed by atoms with E-state index in [2.05, 4.69) is 29.0 Å². The van der Waals surface area contributed by atoms with Crippen molar-refractivity contribution in [3.05, 3.63) is 16.1 Å². The molecule has 1 N–H and O–H groups in total. The molecule has 3 rings (SSSR count). The Morgan fingerprint density at radius 3 is 3.05 bits per heavy atom. The van der Waals surface area contributed by atoms with Crippen molar-refractivity contribution in [1.29, 1.82) is 0 Å². The molecule has 3 heterocycles. The zero-order chi connectivity index (χ0) is 15.7. The maximum Gasteiger partial charge on any atom is 0.226 e. The van der Waals surface area contributed by atoms with Crippen molar-refractivity contribution < 1.29 is 9.53 Å². The quantitative estimate of drug-likeness (QED) is 0.915. The molecule has 1 aromatic heterocycles. The SMILES string of the molecule is Cc1nc(CC(=O)N[C@H]2C[C@H]3CO[C@H](C(C)C)CN3C2)cs1. The highest BCUT2D eigenvalue weighted by Gasteiger charge is 2.38. The van der Waals surface area contributed by atoms with E-state index >= 15 is 0 Å². The normalized spacial score (nSPS) is 28.8. The number of carbonyl (C=O) groups excluding carboxylic acids is 1. The fraction of sp³-hybridized carbons (Fsp3) is 0.750. The van der Waals surface area contributed by atoms with Crippen LogP contribution < -0.4 is 5.32 Å². The number of thiazole rings is 1. The Balaban J connectivity index is 1.49. The first-order valence-corrected chi connectivity index (χ1v) is 8.95. The van der Waals surface area contributed by atoms with Gasteiger partial charge in [-0.2, -0.15) is 0 Å². The van der Waals surface area contributed by atoms with E-state index in [-0.39, 0.29) is 11.9 Å². The van der Waals surface area contributed by atoms with Crippen molar-refractivity contribution in [3.63, 3.8) is 0 Å². The number of hydrogen-bond acceptors (Lipinski definition) is 5. The maximum atomic E-state index is 12.2. The Morgan fingerprint density at radius 2 is 2.36 bits per heavy atom. The molecule has 2 aliphatic heterocycles. The van der Waals surface area contributed by atoms with Gasteiger partial charge in [-0.15, -0.1) is 11.3 Å². The summed E-state index contributed by atoms with van der Waals surface area (Å²) in [5.74, 6) is 0.624. The molecule has 0 radical (unpaired) electrons. The minimum Gasteiger partial charge on any atom is -0.375 e. The third-order valence-electron chi connectivity index (χ3n) is 4.56. The van der Waals surface area contributed by atoms with Crippen LogP contribution in [0, 0.1) is 12.8 Å². The Morgan fingerprint density at radius 1 is 1.55 bits per heavy atom. The Bertz CT molecular complexity index is 531. The molecule has 1 aromatic rings. The van der Waals surface area contributed by atoms with Gasteiger partial charge in [0.05, 0.1) is 29.8 Å². The van der Waals surface area contributed by atoms with Gasteiger partial charge in [0.15, 0.2) is 0 Å². The van der Waals surface area contributed by atoms with Crippen LogP contribution in [0.5, 0.6) is 0 Å². The highest BCUT2D eigenvalue weighted by molar-refractivity contribution is 7.09.